The molecule has 0 N–H and O–H groups in total. The number of nitrogens with zero attached hydrogens (tertiary/aromatic N) is 2. The lowest BCUT2D eigenvalue weighted by molar-refractivity contribution is -0.137. The predicted octanol–water partition coefficient (Wildman–Crippen LogP) is 1.27. The zero-order chi connectivity index (χ0) is 10.8. The van der Waals surface area contributed by atoms with Crippen molar-refractivity contribution in [3.8, 4) is 0 Å². The van der Waals surface area contributed by atoms with Crippen molar-refractivity contribution in [2.24, 2.45) is 0 Å². The second kappa shape index (κ2) is 3.94. The number of rotatable bonds is 2. The summed E-state index contributed by atoms with van der Waals surface area (Å²) in [6, 6.07) is 3.54. The Morgan fingerprint density at radius 2 is 1.93 bits per heavy atom. The van der Waals surface area contributed by atoms with Gasteiger partial charge in [0, 0.05) is 18.3 Å². The van der Waals surface area contributed by atoms with Crippen LogP contribution in [0.25, 0.3) is 0 Å². The van der Waals surface area contributed by atoms with Gasteiger partial charge in [-0.2, -0.15) is 0 Å². The fourth-order valence-corrected chi connectivity index (χ4v) is 1.72. The van der Waals surface area contributed by atoms with E-state index < -0.39 is 0 Å². The average molecular weight is 267 g/mol. The zero-order valence-electron chi connectivity index (χ0n) is 7.68. The largest absolute Gasteiger partial charge is 0.271 e. The summed E-state index contributed by atoms with van der Waals surface area (Å²) in [4.78, 5) is 27.7. The van der Waals surface area contributed by atoms with Crippen LogP contribution in [0.4, 0.5) is 0 Å². The minimum absolute atomic E-state index is 0.270. The average Bonchev–Trinajstić information content (AvgIpc) is 2.50. The number of hydrogen-bond donors (Lipinski definition) is 0. The SMILES string of the molecule is O=C1C=CC(=O)N1Cc1ccnc(Br)c1. The van der Waals surface area contributed by atoms with E-state index in [1.54, 1.807) is 18.3 Å². The minimum Gasteiger partial charge on any atom is -0.271 e. The Balaban J connectivity index is 2.16. The number of carbonyl (C=O) groups is 2. The van der Waals surface area contributed by atoms with Crippen LogP contribution in [0.5, 0.6) is 0 Å². The highest BCUT2D eigenvalue weighted by Crippen LogP contribution is 2.13. The van der Waals surface area contributed by atoms with Crippen LogP contribution in [0.1, 0.15) is 5.56 Å². The molecule has 4 nitrogen and oxygen atoms in total. The van der Waals surface area contributed by atoms with Crippen molar-refractivity contribution in [3.63, 3.8) is 0 Å². The molecule has 1 aliphatic rings. The van der Waals surface area contributed by atoms with Gasteiger partial charge in [0.25, 0.3) is 11.8 Å². The van der Waals surface area contributed by atoms with Crippen LogP contribution < -0.4 is 0 Å². The predicted molar refractivity (Wildman–Crippen MR) is 56.6 cm³/mol. The Bertz CT molecular complexity index is 438. The molecule has 76 valence electrons. The second-order valence-corrected chi connectivity index (χ2v) is 3.90. The third-order valence-electron chi connectivity index (χ3n) is 2.03. The lowest BCUT2D eigenvalue weighted by Crippen LogP contribution is -2.29. The lowest BCUT2D eigenvalue weighted by Gasteiger charge is -2.13. The van der Waals surface area contributed by atoms with E-state index in [1.165, 1.54) is 17.1 Å². The molecule has 2 amide bonds. The molecule has 0 unspecified atom stereocenters. The van der Waals surface area contributed by atoms with Gasteiger partial charge in [0.1, 0.15) is 4.60 Å². The van der Waals surface area contributed by atoms with Crippen molar-refractivity contribution >= 4 is 27.7 Å². The molecule has 2 heterocycles. The molecule has 2 rings (SSSR count). The topological polar surface area (TPSA) is 50.3 Å². The van der Waals surface area contributed by atoms with Gasteiger partial charge in [-0.05, 0) is 33.6 Å². The van der Waals surface area contributed by atoms with Gasteiger partial charge in [-0.15, -0.1) is 0 Å². The third-order valence-corrected chi connectivity index (χ3v) is 2.47. The summed E-state index contributed by atoms with van der Waals surface area (Å²) in [5.41, 5.74) is 0.863. The summed E-state index contributed by atoms with van der Waals surface area (Å²) >= 11 is 3.23. The van der Waals surface area contributed by atoms with Gasteiger partial charge in [0.05, 0.1) is 6.54 Å². The van der Waals surface area contributed by atoms with E-state index in [0.717, 1.165) is 5.56 Å². The van der Waals surface area contributed by atoms with Crippen LogP contribution in [0.3, 0.4) is 0 Å². The molecule has 1 aliphatic heterocycles. The van der Waals surface area contributed by atoms with Crippen molar-refractivity contribution in [2.45, 2.75) is 6.54 Å². The molecule has 0 saturated carbocycles. The van der Waals surface area contributed by atoms with Gasteiger partial charge in [-0.3, -0.25) is 14.5 Å². The molecule has 0 spiro atoms. The molecule has 15 heavy (non-hydrogen) atoms. The standard InChI is InChI=1S/C10H7BrN2O2/c11-8-5-7(3-4-12-8)6-13-9(14)1-2-10(13)15/h1-5H,6H2. The maximum Gasteiger partial charge on any atom is 0.253 e. The summed E-state index contributed by atoms with van der Waals surface area (Å²) < 4.78 is 0.687. The Labute approximate surface area is 94.7 Å². The van der Waals surface area contributed by atoms with Crippen LogP contribution in [0, 0.1) is 0 Å². The number of pyridine rings is 1. The summed E-state index contributed by atoms with van der Waals surface area (Å²) in [6.45, 7) is 0.284. The van der Waals surface area contributed by atoms with Crippen LogP contribution >= 0.6 is 15.9 Å². The first-order valence-electron chi connectivity index (χ1n) is 4.31. The van der Waals surface area contributed by atoms with Gasteiger partial charge in [-0.25, -0.2) is 4.98 Å². The van der Waals surface area contributed by atoms with Gasteiger partial charge in [0.2, 0.25) is 0 Å². The molecule has 0 atom stereocenters. The monoisotopic (exact) mass is 266 g/mol. The maximum absolute atomic E-state index is 11.3. The number of aromatic nitrogens is 1. The van der Waals surface area contributed by atoms with Crippen molar-refractivity contribution < 1.29 is 9.59 Å². The number of halogens is 1. The molecule has 5 heteroatoms. The van der Waals surface area contributed by atoms with E-state index in [2.05, 4.69) is 20.9 Å². The summed E-state index contributed by atoms with van der Waals surface area (Å²) in [5.74, 6) is -0.541. The summed E-state index contributed by atoms with van der Waals surface area (Å²) in [6.07, 6.45) is 4.18. The van der Waals surface area contributed by atoms with E-state index >= 15 is 0 Å². The first-order chi connectivity index (χ1) is 7.16. The molecule has 0 aliphatic carbocycles. The number of imide groups is 1. The quantitative estimate of drug-likeness (QED) is 0.599. The Kier molecular flexibility index (Phi) is 2.64. The van der Waals surface area contributed by atoms with Gasteiger partial charge in [0.15, 0.2) is 0 Å². The molecule has 0 aromatic carbocycles. The van der Waals surface area contributed by atoms with E-state index in [0.29, 0.717) is 4.60 Å². The van der Waals surface area contributed by atoms with E-state index in [4.69, 9.17) is 0 Å². The van der Waals surface area contributed by atoms with E-state index in [9.17, 15) is 9.59 Å². The van der Waals surface area contributed by atoms with Gasteiger partial charge in [-0.1, -0.05) is 0 Å². The van der Waals surface area contributed by atoms with Crippen molar-refractivity contribution in [1.82, 2.24) is 9.88 Å². The summed E-state index contributed by atoms with van der Waals surface area (Å²) in [7, 11) is 0. The normalized spacial score (nSPS) is 15.1. The Hall–Kier alpha value is -1.49. The van der Waals surface area contributed by atoms with E-state index in [-0.39, 0.29) is 18.4 Å². The molecule has 1 aromatic rings. The fraction of sp³-hybridized carbons (Fsp3) is 0.100. The molecule has 0 bridgehead atoms. The minimum atomic E-state index is -0.270. The van der Waals surface area contributed by atoms with Crippen LogP contribution in [0.2, 0.25) is 0 Å². The van der Waals surface area contributed by atoms with Crippen molar-refractivity contribution in [1.29, 1.82) is 0 Å². The molecule has 0 radical (unpaired) electrons. The van der Waals surface area contributed by atoms with Gasteiger partial charge >= 0.3 is 0 Å². The van der Waals surface area contributed by atoms with Crippen LogP contribution in [0.15, 0.2) is 35.1 Å². The third kappa shape index (κ3) is 2.12. The number of hydrogen-bond acceptors (Lipinski definition) is 3. The number of amides is 2. The van der Waals surface area contributed by atoms with Crippen LogP contribution in [-0.4, -0.2) is 21.7 Å². The van der Waals surface area contributed by atoms with Crippen molar-refractivity contribution in [2.75, 3.05) is 0 Å². The van der Waals surface area contributed by atoms with Gasteiger partial charge < -0.3 is 0 Å². The first kappa shape index (κ1) is 10.0. The highest BCUT2D eigenvalue weighted by Gasteiger charge is 2.23. The smallest absolute Gasteiger partial charge is 0.253 e. The first-order valence-corrected chi connectivity index (χ1v) is 5.10. The molecule has 1 aromatic heterocycles. The number of carbonyl (C=O) groups excluding carboxylic acids is 2. The van der Waals surface area contributed by atoms with Crippen LogP contribution in [-0.2, 0) is 16.1 Å². The second-order valence-electron chi connectivity index (χ2n) is 3.08. The fourth-order valence-electron chi connectivity index (χ4n) is 1.31. The molecule has 0 saturated heterocycles. The molecule has 0 fully saturated rings. The lowest BCUT2D eigenvalue weighted by atomic mass is 10.2. The molecular weight excluding hydrogens is 260 g/mol. The van der Waals surface area contributed by atoms with E-state index in [1.807, 2.05) is 0 Å². The maximum atomic E-state index is 11.3. The summed E-state index contributed by atoms with van der Waals surface area (Å²) in [5, 5.41) is 0. The Morgan fingerprint density at radius 3 is 2.53 bits per heavy atom. The zero-order valence-corrected chi connectivity index (χ0v) is 9.27. The molecular formula is C10H7BrN2O2. The van der Waals surface area contributed by atoms with Crippen molar-refractivity contribution in [3.05, 3.63) is 40.6 Å². The Morgan fingerprint density at radius 1 is 1.27 bits per heavy atom. The highest BCUT2D eigenvalue weighted by atomic mass is 79.9. The highest BCUT2D eigenvalue weighted by molar-refractivity contribution is 9.10.